The van der Waals surface area contributed by atoms with Crippen LogP contribution in [0.15, 0.2) is 12.2 Å². The summed E-state index contributed by atoms with van der Waals surface area (Å²) in [6.45, 7) is 4.41. The molecule has 0 heterocycles. The van der Waals surface area contributed by atoms with Gasteiger partial charge >= 0.3 is 8.03 Å². The maximum atomic E-state index is 11.5. The van der Waals surface area contributed by atoms with Crippen LogP contribution >= 0.6 is 8.03 Å². The second-order valence-corrected chi connectivity index (χ2v) is 11.4. The molecule has 0 aliphatic carbocycles. The van der Waals surface area contributed by atoms with Crippen LogP contribution in [0.5, 0.6) is 0 Å². The second kappa shape index (κ2) is 19.4. The first-order valence-corrected chi connectivity index (χ1v) is 14.1. The van der Waals surface area contributed by atoms with E-state index in [-0.39, 0.29) is 5.78 Å². The van der Waals surface area contributed by atoms with Crippen molar-refractivity contribution < 1.29 is 13.9 Å². The molecule has 3 nitrogen and oxygen atoms in total. The fourth-order valence-electron chi connectivity index (χ4n) is 4.06. The van der Waals surface area contributed by atoms with Crippen LogP contribution in [0, 0.1) is 5.92 Å². The Morgan fingerprint density at radius 3 is 1.53 bits per heavy atom. The molecule has 30 heavy (non-hydrogen) atoms. The molecule has 0 radical (unpaired) electrons. The Morgan fingerprint density at radius 2 is 1.17 bits per heavy atom. The minimum Gasteiger partial charge on any atom is -0.591 e. The van der Waals surface area contributed by atoms with E-state index in [1.165, 1.54) is 96.3 Å². The van der Waals surface area contributed by atoms with Crippen molar-refractivity contribution >= 4 is 8.03 Å². The van der Waals surface area contributed by atoms with E-state index in [0.717, 1.165) is 6.42 Å². The summed E-state index contributed by atoms with van der Waals surface area (Å²) < 4.78 is 12.0. The molecule has 0 saturated carbocycles. The van der Waals surface area contributed by atoms with Gasteiger partial charge in [-0.1, -0.05) is 120 Å². The highest BCUT2D eigenvalue weighted by atomic mass is 31.1. The average Bonchev–Trinajstić information content (AvgIpc) is 2.67. The molecule has 0 rings (SSSR count). The van der Waals surface area contributed by atoms with Crippen LogP contribution in [0.25, 0.3) is 0 Å². The molecular formula is C26H53NO2P+. The van der Waals surface area contributed by atoms with E-state index in [4.69, 9.17) is 0 Å². The van der Waals surface area contributed by atoms with E-state index in [9.17, 15) is 9.46 Å². The third-order valence-corrected chi connectivity index (χ3v) is 7.55. The molecular weight excluding hydrogens is 389 g/mol. The summed E-state index contributed by atoms with van der Waals surface area (Å²) in [5.74, 6) is 0.0158. The van der Waals surface area contributed by atoms with Crippen molar-refractivity contribution in [3.63, 3.8) is 0 Å². The van der Waals surface area contributed by atoms with Crippen molar-refractivity contribution in [2.75, 3.05) is 21.1 Å². The van der Waals surface area contributed by atoms with Gasteiger partial charge in [-0.15, -0.1) is 0 Å². The third-order valence-electron chi connectivity index (χ3n) is 6.16. The first-order valence-electron chi connectivity index (χ1n) is 12.9. The van der Waals surface area contributed by atoms with Gasteiger partial charge in [0, 0.05) is 0 Å². The predicted molar refractivity (Wildman–Crippen MR) is 132 cm³/mol. The first-order chi connectivity index (χ1) is 14.3. The van der Waals surface area contributed by atoms with Crippen LogP contribution in [0.4, 0.5) is 0 Å². The summed E-state index contributed by atoms with van der Waals surface area (Å²) >= 11 is 0. The highest BCUT2D eigenvalue weighted by Gasteiger charge is 2.35. The summed E-state index contributed by atoms with van der Waals surface area (Å²) in [5, 5.41) is 0. The quantitative estimate of drug-likeness (QED) is 0.0782. The molecule has 0 aromatic carbocycles. The molecule has 0 spiro atoms. The van der Waals surface area contributed by atoms with E-state index in [2.05, 4.69) is 26.0 Å². The lowest BCUT2D eigenvalue weighted by Crippen LogP contribution is -2.44. The van der Waals surface area contributed by atoms with Crippen LogP contribution < -0.4 is 4.89 Å². The van der Waals surface area contributed by atoms with Crippen LogP contribution in [0.1, 0.15) is 123 Å². The van der Waals surface area contributed by atoms with Gasteiger partial charge in [0.05, 0.1) is 27.6 Å². The van der Waals surface area contributed by atoms with Crippen LogP contribution in [0.3, 0.4) is 0 Å². The standard InChI is InChI=1S/C26H53NO2P/c1-6-7-8-9-10-11-12-13-14-15-16-17-18-19-20-21-22-23-25(2)24-26(30(28)29)27(3,4)5/h22-23,25-26H,6-21,24H2,1-5H3/q+1. The van der Waals surface area contributed by atoms with Gasteiger partial charge in [-0.05, 0) is 18.8 Å². The first kappa shape index (κ1) is 29.8. The Bertz CT molecular complexity index is 431. The fraction of sp³-hybridized carbons (Fsp3) is 0.923. The lowest BCUT2D eigenvalue weighted by atomic mass is 10.0. The van der Waals surface area contributed by atoms with Crippen molar-refractivity contribution in [1.82, 2.24) is 0 Å². The Labute approximate surface area is 190 Å². The van der Waals surface area contributed by atoms with Gasteiger partial charge in [0.1, 0.15) is 0 Å². The molecule has 3 atom stereocenters. The maximum Gasteiger partial charge on any atom is 0.373 e. The van der Waals surface area contributed by atoms with Gasteiger partial charge < -0.3 is 4.89 Å². The normalized spacial score (nSPS) is 14.9. The molecule has 0 aliphatic heterocycles. The summed E-state index contributed by atoms with van der Waals surface area (Å²) in [5.41, 5.74) is 0. The Hall–Kier alpha value is -0.240. The third kappa shape index (κ3) is 18.5. The molecule has 0 aromatic rings. The summed E-state index contributed by atoms with van der Waals surface area (Å²) in [4.78, 5) is 11.5. The topological polar surface area (TPSA) is 40.1 Å². The SMILES string of the molecule is CCCCCCCCCCCCCCCCCC=CC(C)CC([P+](=O)[O-])[N+](C)(C)C. The van der Waals surface area contributed by atoms with E-state index in [1.54, 1.807) is 0 Å². The second-order valence-electron chi connectivity index (χ2n) is 10.3. The van der Waals surface area contributed by atoms with Crippen molar-refractivity contribution in [3.05, 3.63) is 12.2 Å². The van der Waals surface area contributed by atoms with Crippen molar-refractivity contribution in [1.29, 1.82) is 0 Å². The zero-order chi connectivity index (χ0) is 22.7. The number of rotatable bonds is 21. The molecule has 0 saturated heterocycles. The van der Waals surface area contributed by atoms with Gasteiger partial charge in [0.25, 0.3) is 5.78 Å². The number of unbranched alkanes of at least 4 members (excludes halogenated alkanes) is 15. The molecule has 178 valence electrons. The summed E-state index contributed by atoms with van der Waals surface area (Å²) in [6, 6.07) is 0. The van der Waals surface area contributed by atoms with E-state index < -0.39 is 8.03 Å². The van der Waals surface area contributed by atoms with Crippen molar-refractivity contribution in [2.45, 2.75) is 129 Å². The highest BCUT2D eigenvalue weighted by molar-refractivity contribution is 7.37. The van der Waals surface area contributed by atoms with Crippen LogP contribution in [-0.4, -0.2) is 31.4 Å². The van der Waals surface area contributed by atoms with E-state index >= 15 is 0 Å². The largest absolute Gasteiger partial charge is 0.591 e. The molecule has 3 unspecified atom stereocenters. The monoisotopic (exact) mass is 442 g/mol. The summed E-state index contributed by atoms with van der Waals surface area (Å²) in [6.07, 6.45) is 27.3. The molecule has 0 bridgehead atoms. The van der Waals surface area contributed by atoms with Gasteiger partial charge in [-0.2, -0.15) is 0 Å². The minimum atomic E-state index is -2.39. The minimum absolute atomic E-state index is 0.301. The molecule has 0 aromatic heterocycles. The smallest absolute Gasteiger partial charge is 0.373 e. The number of hydrogen-bond donors (Lipinski definition) is 0. The number of hydrogen-bond acceptors (Lipinski definition) is 2. The number of allylic oxidation sites excluding steroid dienone is 2. The van der Waals surface area contributed by atoms with Crippen molar-refractivity contribution in [2.24, 2.45) is 5.92 Å². The summed E-state index contributed by atoms with van der Waals surface area (Å²) in [7, 11) is 3.49. The molecule has 4 heteroatoms. The predicted octanol–water partition coefficient (Wildman–Crippen LogP) is 7.97. The van der Waals surface area contributed by atoms with Crippen molar-refractivity contribution in [3.8, 4) is 0 Å². The van der Waals surface area contributed by atoms with Gasteiger partial charge in [-0.25, -0.2) is 0 Å². The molecule has 0 aliphatic rings. The van der Waals surface area contributed by atoms with Gasteiger partial charge in [-0.3, -0.25) is 4.48 Å². The van der Waals surface area contributed by atoms with E-state index in [1.807, 2.05) is 21.1 Å². The Balaban J connectivity index is 3.49. The zero-order valence-corrected chi connectivity index (χ0v) is 21.9. The van der Waals surface area contributed by atoms with E-state index in [0.29, 0.717) is 16.8 Å². The molecule has 0 fully saturated rings. The van der Waals surface area contributed by atoms with Crippen LogP contribution in [0.2, 0.25) is 0 Å². The lowest BCUT2D eigenvalue weighted by molar-refractivity contribution is -0.883. The van der Waals surface area contributed by atoms with Gasteiger partial charge in [0.2, 0.25) is 0 Å². The van der Waals surface area contributed by atoms with Crippen LogP contribution in [-0.2, 0) is 4.57 Å². The highest BCUT2D eigenvalue weighted by Crippen LogP contribution is 2.30. The van der Waals surface area contributed by atoms with Gasteiger partial charge in [0.15, 0.2) is 0 Å². The maximum absolute atomic E-state index is 11.5. The Morgan fingerprint density at radius 1 is 0.767 bits per heavy atom. The fourth-order valence-corrected chi connectivity index (χ4v) is 5.13. The average molecular weight is 443 g/mol. The number of nitrogens with zero attached hydrogens (tertiary/aromatic N) is 1. The molecule has 0 amide bonds. The number of quaternary nitrogens is 1. The zero-order valence-electron chi connectivity index (χ0n) is 21.0. The Kier molecular flexibility index (Phi) is 19.3. The lowest BCUT2D eigenvalue weighted by Gasteiger charge is -2.28. The molecule has 0 N–H and O–H groups in total.